The first-order valence-electron chi connectivity index (χ1n) is 23.1. The van der Waals surface area contributed by atoms with Gasteiger partial charge < -0.3 is 9.80 Å². The molecule has 0 bridgehead atoms. The van der Waals surface area contributed by atoms with Crippen molar-refractivity contribution < 1.29 is 0 Å². The first kappa shape index (κ1) is 40.4. The molecule has 2 aliphatic carbocycles. The maximum atomic E-state index is 2.50. The Morgan fingerprint density at radius 1 is 0.292 bits per heavy atom. The van der Waals surface area contributed by atoms with E-state index in [1.54, 1.807) is 0 Å². The van der Waals surface area contributed by atoms with E-state index in [1.165, 1.54) is 67.7 Å². The summed E-state index contributed by atoms with van der Waals surface area (Å²) in [4.78, 5) is 4.80. The van der Waals surface area contributed by atoms with E-state index in [4.69, 9.17) is 0 Å². The molecule has 0 unspecified atom stereocenters. The minimum Gasteiger partial charge on any atom is -0.311 e. The van der Waals surface area contributed by atoms with Crippen molar-refractivity contribution in [3.05, 3.63) is 264 Å². The molecule has 0 radical (unpaired) electrons. The predicted octanol–water partition coefficient (Wildman–Crippen LogP) is 17.0. The van der Waals surface area contributed by atoms with Crippen LogP contribution in [0, 0.1) is 0 Å². The number of rotatable bonds is 9. The Morgan fingerprint density at radius 3 is 1.18 bits per heavy atom. The van der Waals surface area contributed by atoms with Gasteiger partial charge in [0.25, 0.3) is 0 Å². The molecule has 316 valence electrons. The van der Waals surface area contributed by atoms with Crippen LogP contribution >= 0.6 is 0 Å². The zero-order valence-electron chi connectivity index (χ0n) is 37.7. The topological polar surface area (TPSA) is 6.48 Å². The van der Waals surface area contributed by atoms with E-state index in [-0.39, 0.29) is 10.8 Å². The van der Waals surface area contributed by atoms with E-state index >= 15 is 0 Å². The Balaban J connectivity index is 1.05. The number of anilines is 6. The van der Waals surface area contributed by atoms with Gasteiger partial charge in [0.05, 0.1) is 5.41 Å². The molecule has 9 aromatic rings. The number of hydrogen-bond acceptors (Lipinski definition) is 2. The second-order valence-corrected chi connectivity index (χ2v) is 19.2. The zero-order valence-corrected chi connectivity index (χ0v) is 37.7. The molecular weight excluding hydrogens is 785 g/mol. The van der Waals surface area contributed by atoms with Crippen LogP contribution in [0.5, 0.6) is 0 Å². The Labute approximate surface area is 385 Å². The fourth-order valence-corrected chi connectivity index (χ4v) is 10.9. The van der Waals surface area contributed by atoms with Crippen molar-refractivity contribution in [1.82, 2.24) is 0 Å². The Hall–Kier alpha value is -7.42. The van der Waals surface area contributed by atoms with Gasteiger partial charge in [-0.1, -0.05) is 185 Å². The number of benzene rings is 9. The quantitative estimate of drug-likeness (QED) is 0.143. The highest BCUT2D eigenvalue weighted by Gasteiger charge is 2.46. The summed E-state index contributed by atoms with van der Waals surface area (Å²) in [5.41, 5.74) is 19.5. The summed E-state index contributed by atoms with van der Waals surface area (Å²) >= 11 is 0. The predicted molar refractivity (Wildman–Crippen MR) is 274 cm³/mol. The number of para-hydroxylation sites is 2. The van der Waals surface area contributed by atoms with E-state index in [0.29, 0.717) is 0 Å². The third-order valence-electron chi connectivity index (χ3n) is 14.4. The van der Waals surface area contributed by atoms with Gasteiger partial charge >= 0.3 is 0 Å². The largest absolute Gasteiger partial charge is 0.311 e. The molecule has 0 fully saturated rings. The number of nitrogens with zero attached hydrogens (tertiary/aromatic N) is 2. The molecule has 11 rings (SSSR count). The molecule has 0 aromatic heterocycles. The lowest BCUT2D eigenvalue weighted by Gasteiger charge is -2.42. The smallest absolute Gasteiger partial charge is 0.0714 e. The molecule has 0 atom stereocenters. The van der Waals surface area contributed by atoms with Crippen molar-refractivity contribution in [3.8, 4) is 22.3 Å². The highest BCUT2D eigenvalue weighted by atomic mass is 15.1. The van der Waals surface area contributed by atoms with E-state index in [0.717, 1.165) is 34.9 Å². The average Bonchev–Trinajstić information content (AvgIpc) is 3.65. The molecule has 2 aliphatic rings. The lowest BCUT2D eigenvalue weighted by atomic mass is 9.63. The van der Waals surface area contributed by atoms with Crippen molar-refractivity contribution in [2.75, 3.05) is 9.80 Å². The van der Waals surface area contributed by atoms with Crippen LogP contribution in [0.15, 0.2) is 231 Å². The minimum absolute atomic E-state index is 0.0640. The summed E-state index contributed by atoms with van der Waals surface area (Å²) in [6, 6.07) is 85.1. The second-order valence-electron chi connectivity index (χ2n) is 19.2. The van der Waals surface area contributed by atoms with Gasteiger partial charge in [0, 0.05) is 34.1 Å². The monoisotopic (exact) mass is 838 g/mol. The van der Waals surface area contributed by atoms with E-state index < -0.39 is 5.41 Å². The first-order valence-corrected chi connectivity index (χ1v) is 23.1. The first-order chi connectivity index (χ1) is 31.7. The van der Waals surface area contributed by atoms with Gasteiger partial charge in [0.15, 0.2) is 0 Å². The van der Waals surface area contributed by atoms with Crippen LogP contribution in [-0.2, 0) is 16.2 Å². The van der Waals surface area contributed by atoms with Gasteiger partial charge in [-0.3, -0.25) is 0 Å². The summed E-state index contributed by atoms with van der Waals surface area (Å²) in [5.74, 6) is 0. The molecule has 65 heavy (non-hydrogen) atoms. The number of fused-ring (bicyclic) bond motifs is 4. The lowest BCUT2D eigenvalue weighted by Crippen LogP contribution is -2.34. The molecule has 0 saturated carbocycles. The maximum Gasteiger partial charge on any atom is 0.0714 e. The molecule has 0 saturated heterocycles. The third kappa shape index (κ3) is 6.87. The fourth-order valence-electron chi connectivity index (χ4n) is 10.9. The van der Waals surface area contributed by atoms with Crippen molar-refractivity contribution in [2.24, 2.45) is 0 Å². The lowest BCUT2D eigenvalue weighted by molar-refractivity contribution is 0.332. The molecule has 2 heteroatoms. The Morgan fingerprint density at radius 2 is 0.662 bits per heavy atom. The van der Waals surface area contributed by atoms with Crippen molar-refractivity contribution in [2.45, 2.75) is 56.8 Å². The van der Waals surface area contributed by atoms with Crippen LogP contribution in [0.4, 0.5) is 34.1 Å². The Bertz CT molecular complexity index is 3040. The van der Waals surface area contributed by atoms with Gasteiger partial charge in [0.2, 0.25) is 0 Å². The van der Waals surface area contributed by atoms with Crippen LogP contribution < -0.4 is 9.80 Å². The van der Waals surface area contributed by atoms with Crippen LogP contribution in [0.2, 0.25) is 0 Å². The summed E-state index contributed by atoms with van der Waals surface area (Å²) in [6.07, 6.45) is 2.34. The third-order valence-corrected chi connectivity index (χ3v) is 14.4. The van der Waals surface area contributed by atoms with Crippen LogP contribution in [0.1, 0.15) is 73.9 Å². The highest BCUT2D eigenvalue weighted by Crippen LogP contribution is 2.57. The summed E-state index contributed by atoms with van der Waals surface area (Å²) < 4.78 is 0. The average molecular weight is 839 g/mol. The van der Waals surface area contributed by atoms with Crippen LogP contribution in [0.3, 0.4) is 0 Å². The normalized spacial score (nSPS) is 15.0. The molecule has 2 nitrogen and oxygen atoms in total. The molecule has 0 N–H and O–H groups in total. The highest BCUT2D eigenvalue weighted by molar-refractivity contribution is 5.90. The van der Waals surface area contributed by atoms with Gasteiger partial charge in [0.1, 0.15) is 0 Å². The molecule has 0 aliphatic heterocycles. The van der Waals surface area contributed by atoms with Crippen molar-refractivity contribution >= 4 is 34.1 Å². The minimum atomic E-state index is -0.495. The Kier molecular flexibility index (Phi) is 9.92. The zero-order chi connectivity index (χ0) is 44.2. The number of hydrogen-bond donors (Lipinski definition) is 0. The van der Waals surface area contributed by atoms with E-state index in [2.05, 4.69) is 268 Å². The molecule has 0 amide bonds. The standard InChI is InChI=1S/C63H54N2/c1-61(2)41-42-62(3,4)60-44-54(38-40-58(60)61)65(52-35-31-46(32-36-52)45-29-33-51(34-30-45)64(49-23-13-7-14-24-49)50-25-15-8-16-26-50)53-37-39-56-55-27-17-18-28-57(55)63(59(56)43-53,47-19-9-5-10-20-47)48-21-11-6-12-22-48/h5-40,43-44H,41-42H2,1-4H3. The molecule has 0 spiro atoms. The molecule has 0 heterocycles. The fraction of sp³-hybridized carbons (Fsp3) is 0.143. The van der Waals surface area contributed by atoms with Crippen LogP contribution in [-0.4, -0.2) is 0 Å². The van der Waals surface area contributed by atoms with E-state index in [1.807, 2.05) is 0 Å². The second kappa shape index (κ2) is 16.0. The van der Waals surface area contributed by atoms with Gasteiger partial charge in [-0.2, -0.15) is 0 Å². The van der Waals surface area contributed by atoms with Gasteiger partial charge in [-0.25, -0.2) is 0 Å². The van der Waals surface area contributed by atoms with Crippen LogP contribution in [0.25, 0.3) is 22.3 Å². The van der Waals surface area contributed by atoms with Gasteiger partial charge in [-0.05, 0) is 152 Å². The molecular formula is C63H54N2. The summed E-state index contributed by atoms with van der Waals surface area (Å²) in [6.45, 7) is 9.68. The summed E-state index contributed by atoms with van der Waals surface area (Å²) in [5, 5.41) is 0. The summed E-state index contributed by atoms with van der Waals surface area (Å²) in [7, 11) is 0. The van der Waals surface area contributed by atoms with Gasteiger partial charge in [-0.15, -0.1) is 0 Å². The SMILES string of the molecule is CC1(C)CCC(C)(C)c2cc(N(c3ccc(-c4ccc(N(c5ccccc5)c5ccccc5)cc4)cc3)c3ccc4c(c3)C(c3ccccc3)(c3ccccc3)c3ccccc3-4)ccc21. The van der Waals surface area contributed by atoms with E-state index in [9.17, 15) is 0 Å². The maximum absolute atomic E-state index is 2.50. The van der Waals surface area contributed by atoms with Crippen molar-refractivity contribution in [3.63, 3.8) is 0 Å². The molecule has 9 aromatic carbocycles. The van der Waals surface area contributed by atoms with Crippen molar-refractivity contribution in [1.29, 1.82) is 0 Å².